The Balaban J connectivity index is 1.81. The number of benzene rings is 1. The van der Waals surface area contributed by atoms with E-state index in [1.54, 1.807) is 45.0 Å². The first-order chi connectivity index (χ1) is 10.7. The summed E-state index contributed by atoms with van der Waals surface area (Å²) in [7, 11) is 0. The van der Waals surface area contributed by atoms with Gasteiger partial charge in [0.2, 0.25) is 0 Å². The van der Waals surface area contributed by atoms with Crippen molar-refractivity contribution in [3.63, 3.8) is 0 Å². The van der Waals surface area contributed by atoms with Gasteiger partial charge >= 0.3 is 6.09 Å². The molecule has 0 aliphatic heterocycles. The fourth-order valence-electron chi connectivity index (χ4n) is 1.92. The van der Waals surface area contributed by atoms with Gasteiger partial charge in [-0.15, -0.1) is 0 Å². The van der Waals surface area contributed by atoms with E-state index in [1.807, 2.05) is 0 Å². The Morgan fingerprint density at radius 3 is 2.57 bits per heavy atom. The maximum absolute atomic E-state index is 12.0. The van der Waals surface area contributed by atoms with Crippen LogP contribution in [-0.2, 0) is 4.74 Å². The molecule has 0 atom stereocenters. The van der Waals surface area contributed by atoms with Gasteiger partial charge in [0, 0.05) is 24.2 Å². The van der Waals surface area contributed by atoms with Crippen molar-refractivity contribution < 1.29 is 18.7 Å². The Labute approximate surface area is 134 Å². The average molecular weight is 319 g/mol. The van der Waals surface area contributed by atoms with Gasteiger partial charge in [0.15, 0.2) is 5.76 Å². The number of fused-ring (bicyclic) bond motifs is 1. The second kappa shape index (κ2) is 6.60. The van der Waals surface area contributed by atoms with E-state index in [0.717, 1.165) is 5.39 Å². The van der Waals surface area contributed by atoms with Crippen LogP contribution in [0.3, 0.4) is 0 Å². The van der Waals surface area contributed by atoms with Crippen molar-refractivity contribution in [2.45, 2.75) is 26.4 Å². The molecule has 124 valence electrons. The van der Waals surface area contributed by atoms with Gasteiger partial charge in [-0.05, 0) is 45.0 Å². The van der Waals surface area contributed by atoms with Crippen molar-refractivity contribution in [2.75, 3.05) is 18.8 Å². The number of furan rings is 1. The summed E-state index contributed by atoms with van der Waals surface area (Å²) in [6.07, 6.45) is -0.522. The summed E-state index contributed by atoms with van der Waals surface area (Å²) in [6, 6.07) is 6.78. The van der Waals surface area contributed by atoms with Gasteiger partial charge in [-0.3, -0.25) is 4.79 Å². The highest BCUT2D eigenvalue weighted by Gasteiger charge is 2.16. The lowest BCUT2D eigenvalue weighted by Crippen LogP contribution is -2.37. The van der Waals surface area contributed by atoms with Gasteiger partial charge in [0.25, 0.3) is 5.91 Å². The maximum atomic E-state index is 12.0. The van der Waals surface area contributed by atoms with Gasteiger partial charge < -0.3 is 25.5 Å². The second-order valence-electron chi connectivity index (χ2n) is 6.09. The molecule has 7 heteroatoms. The zero-order chi connectivity index (χ0) is 17.0. The smallest absolute Gasteiger partial charge is 0.407 e. The van der Waals surface area contributed by atoms with Crippen LogP contribution in [-0.4, -0.2) is 30.7 Å². The van der Waals surface area contributed by atoms with E-state index in [2.05, 4.69) is 10.6 Å². The molecule has 2 rings (SSSR count). The number of anilines is 1. The van der Waals surface area contributed by atoms with E-state index in [9.17, 15) is 9.59 Å². The summed E-state index contributed by atoms with van der Waals surface area (Å²) in [5.41, 5.74) is 6.33. The first kappa shape index (κ1) is 16.7. The van der Waals surface area contributed by atoms with Crippen LogP contribution in [0.15, 0.2) is 28.7 Å². The highest BCUT2D eigenvalue weighted by atomic mass is 16.6. The molecule has 4 N–H and O–H groups in total. The number of ether oxygens (including phenoxy) is 1. The van der Waals surface area contributed by atoms with Crippen molar-refractivity contribution in [1.29, 1.82) is 0 Å². The molecular formula is C16H21N3O4. The molecular weight excluding hydrogens is 298 g/mol. The predicted molar refractivity (Wildman–Crippen MR) is 87.2 cm³/mol. The summed E-state index contributed by atoms with van der Waals surface area (Å²) in [4.78, 5) is 23.4. The number of alkyl carbamates (subject to hydrolysis) is 1. The highest BCUT2D eigenvalue weighted by Crippen LogP contribution is 2.21. The van der Waals surface area contributed by atoms with Crippen molar-refractivity contribution in [3.05, 3.63) is 30.0 Å². The number of rotatable bonds is 4. The molecule has 0 saturated heterocycles. The molecule has 1 aromatic carbocycles. The van der Waals surface area contributed by atoms with Crippen LogP contribution in [0.4, 0.5) is 10.5 Å². The van der Waals surface area contributed by atoms with Crippen molar-refractivity contribution in [1.82, 2.24) is 10.6 Å². The van der Waals surface area contributed by atoms with Crippen molar-refractivity contribution in [2.24, 2.45) is 0 Å². The Kier molecular flexibility index (Phi) is 4.78. The predicted octanol–water partition coefficient (Wildman–Crippen LogP) is 2.27. The third-order valence-corrected chi connectivity index (χ3v) is 2.84. The molecule has 0 saturated carbocycles. The minimum atomic E-state index is -0.552. The Morgan fingerprint density at radius 1 is 1.17 bits per heavy atom. The van der Waals surface area contributed by atoms with Gasteiger partial charge in [0.05, 0.1) is 0 Å². The van der Waals surface area contributed by atoms with Crippen LogP contribution >= 0.6 is 0 Å². The SMILES string of the molecule is CC(C)(C)OC(=O)NCCNC(=O)c1cc2cc(N)ccc2o1. The number of carbonyl (C=O) groups excluding carboxylic acids is 2. The molecule has 0 fully saturated rings. The Hall–Kier alpha value is -2.70. The standard InChI is InChI=1S/C16H21N3O4/c1-16(2,3)23-15(21)19-7-6-18-14(20)13-9-10-8-11(17)4-5-12(10)22-13/h4-5,8-9H,6-7,17H2,1-3H3,(H,18,20)(H,19,21). The molecule has 1 heterocycles. The third-order valence-electron chi connectivity index (χ3n) is 2.84. The molecule has 0 aliphatic carbocycles. The quantitative estimate of drug-likeness (QED) is 0.592. The number of hydrogen-bond donors (Lipinski definition) is 3. The average Bonchev–Trinajstić information content (AvgIpc) is 2.84. The van der Waals surface area contributed by atoms with Crippen LogP contribution in [0.1, 0.15) is 31.3 Å². The molecule has 0 spiro atoms. The minimum absolute atomic E-state index is 0.197. The molecule has 0 bridgehead atoms. The number of carbonyl (C=O) groups is 2. The molecule has 0 unspecified atom stereocenters. The largest absolute Gasteiger partial charge is 0.451 e. The third kappa shape index (κ3) is 4.91. The zero-order valence-corrected chi connectivity index (χ0v) is 13.4. The van der Waals surface area contributed by atoms with Gasteiger partial charge in [-0.25, -0.2) is 4.79 Å². The highest BCUT2D eigenvalue weighted by molar-refractivity contribution is 5.96. The molecule has 0 radical (unpaired) electrons. The lowest BCUT2D eigenvalue weighted by atomic mass is 10.2. The first-order valence-electron chi connectivity index (χ1n) is 7.29. The normalized spacial score (nSPS) is 11.3. The zero-order valence-electron chi connectivity index (χ0n) is 13.4. The molecule has 7 nitrogen and oxygen atoms in total. The topological polar surface area (TPSA) is 107 Å². The van der Waals surface area contributed by atoms with Crippen LogP contribution in [0.2, 0.25) is 0 Å². The van der Waals surface area contributed by atoms with E-state index >= 15 is 0 Å². The number of nitrogen functional groups attached to an aromatic ring is 1. The maximum Gasteiger partial charge on any atom is 0.407 e. The second-order valence-corrected chi connectivity index (χ2v) is 6.09. The molecule has 23 heavy (non-hydrogen) atoms. The fraction of sp³-hybridized carbons (Fsp3) is 0.375. The number of hydrogen-bond acceptors (Lipinski definition) is 5. The lowest BCUT2D eigenvalue weighted by molar-refractivity contribution is 0.0526. The lowest BCUT2D eigenvalue weighted by Gasteiger charge is -2.19. The fourth-order valence-corrected chi connectivity index (χ4v) is 1.92. The summed E-state index contributed by atoms with van der Waals surface area (Å²) in [5.74, 6) is -0.159. The monoisotopic (exact) mass is 319 g/mol. The van der Waals surface area contributed by atoms with Gasteiger partial charge in [0.1, 0.15) is 11.2 Å². The van der Waals surface area contributed by atoms with E-state index in [-0.39, 0.29) is 24.8 Å². The summed E-state index contributed by atoms with van der Waals surface area (Å²) in [6.45, 7) is 5.86. The van der Waals surface area contributed by atoms with E-state index < -0.39 is 11.7 Å². The molecule has 2 aromatic rings. The Bertz CT molecular complexity index is 716. The number of amides is 2. The van der Waals surface area contributed by atoms with Crippen molar-refractivity contribution >= 4 is 28.7 Å². The van der Waals surface area contributed by atoms with E-state index in [4.69, 9.17) is 14.9 Å². The molecule has 2 amide bonds. The summed E-state index contributed by atoms with van der Waals surface area (Å²) >= 11 is 0. The van der Waals surface area contributed by atoms with Crippen LogP contribution in [0.25, 0.3) is 11.0 Å². The summed E-state index contributed by atoms with van der Waals surface area (Å²) in [5, 5.41) is 5.98. The van der Waals surface area contributed by atoms with Crippen LogP contribution in [0.5, 0.6) is 0 Å². The molecule has 0 aliphatic rings. The number of nitrogens with two attached hydrogens (primary N) is 1. The van der Waals surface area contributed by atoms with Crippen molar-refractivity contribution in [3.8, 4) is 0 Å². The molecule has 1 aromatic heterocycles. The van der Waals surface area contributed by atoms with Crippen LogP contribution < -0.4 is 16.4 Å². The number of nitrogens with one attached hydrogen (secondary N) is 2. The van der Waals surface area contributed by atoms with E-state index in [0.29, 0.717) is 11.3 Å². The van der Waals surface area contributed by atoms with E-state index in [1.165, 1.54) is 0 Å². The van der Waals surface area contributed by atoms with Gasteiger partial charge in [-0.2, -0.15) is 0 Å². The van der Waals surface area contributed by atoms with Crippen LogP contribution in [0, 0.1) is 0 Å². The first-order valence-corrected chi connectivity index (χ1v) is 7.29. The minimum Gasteiger partial charge on any atom is -0.451 e. The Morgan fingerprint density at radius 2 is 1.87 bits per heavy atom. The summed E-state index contributed by atoms with van der Waals surface area (Å²) < 4.78 is 10.5. The van der Waals surface area contributed by atoms with Gasteiger partial charge in [-0.1, -0.05) is 0 Å².